The summed E-state index contributed by atoms with van der Waals surface area (Å²) >= 11 is 0. The quantitative estimate of drug-likeness (QED) is 0.233. The van der Waals surface area contributed by atoms with Gasteiger partial charge in [0.05, 0.1) is 0 Å². The molecular formula is BO4S-. The second-order valence-corrected chi connectivity index (χ2v) is 1.51. The summed E-state index contributed by atoms with van der Waals surface area (Å²) in [5, 5.41) is 0. The molecule has 0 amide bonds. The van der Waals surface area contributed by atoms with Gasteiger partial charge in [-0.2, -0.15) is 0 Å². The molecule has 0 aromatic carbocycles. The van der Waals surface area contributed by atoms with Crippen molar-refractivity contribution in [1.29, 1.82) is 0 Å². The van der Waals surface area contributed by atoms with Crippen LogP contribution in [0.5, 0.6) is 0 Å². The first-order valence-corrected chi connectivity index (χ1v) is 2.24. The highest BCUT2D eigenvalue weighted by Gasteiger charge is 1.79. The van der Waals surface area contributed by atoms with Gasteiger partial charge in [-0.3, -0.25) is 0 Å². The van der Waals surface area contributed by atoms with Crippen LogP contribution < -0.4 is 0 Å². The van der Waals surface area contributed by atoms with E-state index < -0.39 is 10.4 Å². The Kier molecular flexibility index (Phi) is 1.57. The van der Waals surface area contributed by atoms with Crippen LogP contribution in [0.3, 0.4) is 0 Å². The normalized spacial score (nSPS) is 11.5. The maximum absolute atomic E-state index is 9.10. The Balaban J connectivity index is 3.85. The molecule has 6 heteroatoms. The first kappa shape index (κ1) is 5.93. The summed E-state index contributed by atoms with van der Waals surface area (Å²) in [6.45, 7) is 0. The summed E-state index contributed by atoms with van der Waals surface area (Å²) in [6.07, 6.45) is 0. The minimum absolute atomic E-state index is 2.85. The van der Waals surface area contributed by atoms with E-state index in [1.165, 1.54) is 0 Å². The Morgan fingerprint density at radius 3 is 1.83 bits per heavy atom. The second-order valence-electron chi connectivity index (χ2n) is 0.504. The van der Waals surface area contributed by atoms with Crippen molar-refractivity contribution < 1.29 is 17.1 Å². The number of hydrogen-bond acceptors (Lipinski definition) is 4. The molecular weight excluding hydrogens is 107 g/mol. The van der Waals surface area contributed by atoms with Crippen LogP contribution in [0.25, 0.3) is 0 Å². The molecule has 0 rings (SSSR count). The van der Waals surface area contributed by atoms with Gasteiger partial charge in [0, 0.05) is 0 Å². The third kappa shape index (κ3) is 3.93. The average Bonchev–Trinajstić information content (AvgIpc) is 1.35. The Hall–Kier alpha value is -0.0651. The van der Waals surface area contributed by atoms with Crippen LogP contribution in [0.1, 0.15) is 0 Å². The zero-order valence-corrected chi connectivity index (χ0v) is 3.44. The third-order valence-corrected chi connectivity index (χ3v) is 0.354. The fourth-order valence-corrected chi connectivity index (χ4v) is 0. The molecule has 0 aromatic rings. The highest BCUT2D eigenvalue weighted by atomic mass is 32.3. The Labute approximate surface area is 36.5 Å². The Morgan fingerprint density at radius 1 is 1.67 bits per heavy atom. The fourth-order valence-electron chi connectivity index (χ4n) is 0. The molecule has 0 fully saturated rings. The highest BCUT2D eigenvalue weighted by molar-refractivity contribution is 7.81. The fraction of sp³-hybridized carbons (Fsp3) is 0. The summed E-state index contributed by atoms with van der Waals surface area (Å²) in [5.41, 5.74) is 0. The van der Waals surface area contributed by atoms with E-state index in [0.29, 0.717) is 0 Å². The third-order valence-electron chi connectivity index (χ3n) is 0.118. The van der Waals surface area contributed by atoms with Gasteiger partial charge in [0.15, 0.2) is 0 Å². The van der Waals surface area contributed by atoms with Crippen LogP contribution in [0.4, 0.5) is 0 Å². The zero-order chi connectivity index (χ0) is 5.21. The van der Waals surface area contributed by atoms with Crippen molar-refractivity contribution in [2.75, 3.05) is 0 Å². The van der Waals surface area contributed by atoms with Crippen molar-refractivity contribution in [2.24, 2.45) is 0 Å². The lowest BCUT2D eigenvalue weighted by Crippen LogP contribution is -1.98. The van der Waals surface area contributed by atoms with Gasteiger partial charge in [0.2, 0.25) is 10.4 Å². The standard InChI is InChI=1S/BHO4S/c1-5-6(2,3)4/h(H,2,3,4)/p-1. The molecule has 0 aliphatic heterocycles. The molecule has 6 heavy (non-hydrogen) atoms. The number of rotatable bonds is 1. The molecule has 0 unspecified atom stereocenters. The molecule has 0 saturated carbocycles. The van der Waals surface area contributed by atoms with Crippen LogP contribution in [0, 0.1) is 0 Å². The highest BCUT2D eigenvalue weighted by Crippen LogP contribution is 1.73. The molecule has 0 bridgehead atoms. The van der Waals surface area contributed by atoms with E-state index in [2.05, 4.69) is 12.1 Å². The average molecular weight is 107 g/mol. The van der Waals surface area contributed by atoms with E-state index in [4.69, 9.17) is 13.0 Å². The van der Waals surface area contributed by atoms with Gasteiger partial charge >= 0.3 is 8.05 Å². The second kappa shape index (κ2) is 1.59. The lowest BCUT2D eigenvalue weighted by atomic mass is 10.6. The van der Waals surface area contributed by atoms with Crippen molar-refractivity contribution in [3.63, 3.8) is 0 Å². The van der Waals surface area contributed by atoms with Crippen LogP contribution in [0.15, 0.2) is 0 Å². The van der Waals surface area contributed by atoms with E-state index >= 15 is 0 Å². The molecule has 2 radical (unpaired) electrons. The summed E-state index contributed by atoms with van der Waals surface area (Å²) in [7, 11) is -0.729. The van der Waals surface area contributed by atoms with E-state index in [9.17, 15) is 0 Å². The minimum Gasteiger partial charge on any atom is -0.727 e. The molecule has 0 saturated heterocycles. The molecule has 0 aliphatic carbocycles. The Morgan fingerprint density at radius 2 is 1.83 bits per heavy atom. The topological polar surface area (TPSA) is 66.4 Å². The first-order valence-electron chi connectivity index (χ1n) is 0.902. The molecule has 0 atom stereocenters. The smallest absolute Gasteiger partial charge is 0.310 e. The van der Waals surface area contributed by atoms with Gasteiger partial charge in [-0.25, -0.2) is 8.42 Å². The summed E-state index contributed by atoms with van der Waals surface area (Å²) in [6, 6.07) is 0. The number of hydrogen-bond donors (Lipinski definition) is 0. The SMILES string of the molecule is [B]OS(=O)(=O)[O-]. The monoisotopic (exact) mass is 107 g/mol. The van der Waals surface area contributed by atoms with Gasteiger partial charge in [-0.1, -0.05) is 0 Å². The van der Waals surface area contributed by atoms with Crippen molar-refractivity contribution >= 4 is 18.4 Å². The molecule has 4 nitrogen and oxygen atoms in total. The van der Waals surface area contributed by atoms with Crippen molar-refractivity contribution in [3.05, 3.63) is 0 Å². The zero-order valence-electron chi connectivity index (χ0n) is 2.62. The summed E-state index contributed by atoms with van der Waals surface area (Å²) in [5.74, 6) is 0. The van der Waals surface area contributed by atoms with Gasteiger partial charge < -0.3 is 8.65 Å². The lowest BCUT2D eigenvalue weighted by molar-refractivity contribution is 0.384. The first-order chi connectivity index (χ1) is 2.56. The molecule has 0 spiro atoms. The maximum Gasteiger partial charge on any atom is 0.310 e. The van der Waals surface area contributed by atoms with Crippen molar-refractivity contribution in [2.45, 2.75) is 0 Å². The van der Waals surface area contributed by atoms with Crippen LogP contribution in [-0.4, -0.2) is 21.0 Å². The minimum atomic E-state index is -4.63. The maximum atomic E-state index is 9.10. The van der Waals surface area contributed by atoms with Gasteiger partial charge in [0.1, 0.15) is 0 Å². The molecule has 0 aromatic heterocycles. The van der Waals surface area contributed by atoms with E-state index in [0.717, 1.165) is 0 Å². The molecule has 0 heterocycles. The van der Waals surface area contributed by atoms with Crippen molar-refractivity contribution in [3.8, 4) is 0 Å². The van der Waals surface area contributed by atoms with Crippen LogP contribution in [0.2, 0.25) is 0 Å². The van der Waals surface area contributed by atoms with Gasteiger partial charge in [0.25, 0.3) is 0 Å². The summed E-state index contributed by atoms with van der Waals surface area (Å²) in [4.78, 5) is 0. The predicted molar refractivity (Wildman–Crippen MR) is 16.5 cm³/mol. The van der Waals surface area contributed by atoms with Crippen LogP contribution >= 0.6 is 0 Å². The van der Waals surface area contributed by atoms with E-state index in [1.807, 2.05) is 0 Å². The van der Waals surface area contributed by atoms with Gasteiger partial charge in [-0.05, 0) is 0 Å². The van der Waals surface area contributed by atoms with E-state index in [-0.39, 0.29) is 0 Å². The molecule has 0 aliphatic rings. The Bertz CT molecular complexity index is 110. The van der Waals surface area contributed by atoms with Crippen LogP contribution in [-0.2, 0) is 14.5 Å². The van der Waals surface area contributed by atoms with Gasteiger partial charge in [-0.15, -0.1) is 0 Å². The molecule has 0 N–H and O–H groups in total. The largest absolute Gasteiger partial charge is 0.727 e. The predicted octanol–water partition coefficient (Wildman–Crippen LogP) is -1.45. The summed E-state index contributed by atoms with van der Waals surface area (Å²) < 4.78 is 30.1. The molecule has 34 valence electrons. The lowest BCUT2D eigenvalue weighted by Gasteiger charge is -1.99. The van der Waals surface area contributed by atoms with Crippen molar-refractivity contribution in [1.82, 2.24) is 0 Å². The van der Waals surface area contributed by atoms with E-state index in [1.54, 1.807) is 0 Å².